The fraction of sp³-hybridized carbons (Fsp3) is 0.923. The van der Waals surface area contributed by atoms with Crippen molar-refractivity contribution in [3.05, 3.63) is 0 Å². The van der Waals surface area contributed by atoms with Crippen molar-refractivity contribution in [1.82, 2.24) is 4.72 Å². The van der Waals surface area contributed by atoms with Crippen LogP contribution in [0.4, 0.5) is 0 Å². The third-order valence-electron chi connectivity index (χ3n) is 3.18. The summed E-state index contributed by atoms with van der Waals surface area (Å²) >= 11 is 0. The van der Waals surface area contributed by atoms with Crippen LogP contribution in [0.5, 0.6) is 0 Å². The Bertz CT molecular complexity index is 352. The number of rotatable bonds is 11. The highest BCUT2D eigenvalue weighted by atomic mass is 32.2. The molecule has 0 bridgehead atoms. The number of carboxylic acids is 1. The highest BCUT2D eigenvalue weighted by Gasteiger charge is 2.13. The Morgan fingerprint density at radius 2 is 1.84 bits per heavy atom. The number of aliphatic carboxylic acids is 1. The summed E-state index contributed by atoms with van der Waals surface area (Å²) in [5.74, 6) is 0.00624. The lowest BCUT2D eigenvalue weighted by Crippen LogP contribution is -2.29. The Labute approximate surface area is 116 Å². The summed E-state index contributed by atoms with van der Waals surface area (Å²) in [6, 6.07) is 0. The van der Waals surface area contributed by atoms with Gasteiger partial charge in [-0.25, -0.2) is 13.1 Å². The summed E-state index contributed by atoms with van der Waals surface area (Å²) in [7, 11) is -3.18. The molecule has 5 nitrogen and oxygen atoms in total. The molecule has 0 aliphatic carbocycles. The zero-order chi connectivity index (χ0) is 14.9. The van der Waals surface area contributed by atoms with Crippen molar-refractivity contribution in [2.24, 2.45) is 11.8 Å². The van der Waals surface area contributed by atoms with Gasteiger partial charge in [0, 0.05) is 13.0 Å². The van der Waals surface area contributed by atoms with Crippen molar-refractivity contribution in [1.29, 1.82) is 0 Å². The summed E-state index contributed by atoms with van der Waals surface area (Å²) in [6.45, 7) is 6.39. The Morgan fingerprint density at radius 1 is 1.21 bits per heavy atom. The highest BCUT2D eigenvalue weighted by molar-refractivity contribution is 7.89. The van der Waals surface area contributed by atoms with Crippen LogP contribution >= 0.6 is 0 Å². The van der Waals surface area contributed by atoms with Gasteiger partial charge in [0.25, 0.3) is 0 Å². The van der Waals surface area contributed by atoms with Crippen LogP contribution in [0.2, 0.25) is 0 Å². The Kier molecular flexibility index (Phi) is 9.01. The summed E-state index contributed by atoms with van der Waals surface area (Å²) in [5.41, 5.74) is 0. The van der Waals surface area contributed by atoms with Gasteiger partial charge in [-0.1, -0.05) is 27.2 Å². The molecule has 0 aromatic heterocycles. The molecule has 0 spiro atoms. The summed E-state index contributed by atoms with van der Waals surface area (Å²) < 4.78 is 25.9. The van der Waals surface area contributed by atoms with Crippen LogP contribution < -0.4 is 4.72 Å². The molecule has 0 aromatic rings. The molecule has 0 heterocycles. The van der Waals surface area contributed by atoms with Crippen LogP contribution in [0.1, 0.15) is 52.9 Å². The Hall–Kier alpha value is -0.620. The van der Waals surface area contributed by atoms with Crippen molar-refractivity contribution in [3.63, 3.8) is 0 Å². The maximum atomic E-state index is 11.7. The molecule has 19 heavy (non-hydrogen) atoms. The largest absolute Gasteiger partial charge is 0.481 e. The van der Waals surface area contributed by atoms with Gasteiger partial charge in [0.05, 0.1) is 5.75 Å². The number of carbonyl (C=O) groups is 1. The molecule has 0 rings (SSSR count). The topological polar surface area (TPSA) is 83.5 Å². The van der Waals surface area contributed by atoms with E-state index in [0.717, 1.165) is 6.42 Å². The standard InChI is InChI=1S/C13H27NO4S/c1-4-12(5-6-13(15)16)7-9-14-19(17,18)10-8-11(2)3/h11-12,14H,4-10H2,1-3H3,(H,15,16). The van der Waals surface area contributed by atoms with Gasteiger partial charge in [-0.15, -0.1) is 0 Å². The lowest BCUT2D eigenvalue weighted by molar-refractivity contribution is -0.137. The van der Waals surface area contributed by atoms with E-state index in [9.17, 15) is 13.2 Å². The SMILES string of the molecule is CCC(CCNS(=O)(=O)CCC(C)C)CCC(=O)O. The maximum Gasteiger partial charge on any atom is 0.303 e. The number of hydrogen-bond donors (Lipinski definition) is 2. The lowest BCUT2D eigenvalue weighted by Gasteiger charge is -2.14. The summed E-state index contributed by atoms with van der Waals surface area (Å²) in [5, 5.41) is 8.62. The second-order valence-corrected chi connectivity index (χ2v) is 7.32. The minimum atomic E-state index is -3.18. The molecule has 0 saturated carbocycles. The first-order chi connectivity index (χ1) is 8.76. The highest BCUT2D eigenvalue weighted by Crippen LogP contribution is 2.14. The molecule has 2 N–H and O–H groups in total. The van der Waals surface area contributed by atoms with E-state index >= 15 is 0 Å². The molecule has 0 aromatic carbocycles. The van der Waals surface area contributed by atoms with Gasteiger partial charge in [0.1, 0.15) is 0 Å². The molecule has 6 heteroatoms. The van der Waals surface area contributed by atoms with Crippen LogP contribution in [0.15, 0.2) is 0 Å². The van der Waals surface area contributed by atoms with Gasteiger partial charge < -0.3 is 5.11 Å². The second-order valence-electron chi connectivity index (χ2n) is 5.39. The normalized spacial score (nSPS) is 13.7. The first kappa shape index (κ1) is 18.4. The van der Waals surface area contributed by atoms with Crippen LogP contribution in [-0.2, 0) is 14.8 Å². The van der Waals surface area contributed by atoms with E-state index in [1.54, 1.807) is 0 Å². The second kappa shape index (κ2) is 9.31. The van der Waals surface area contributed by atoms with Gasteiger partial charge in [0.2, 0.25) is 10.0 Å². The number of hydrogen-bond acceptors (Lipinski definition) is 3. The quantitative estimate of drug-likeness (QED) is 0.612. The van der Waals surface area contributed by atoms with Crippen molar-refractivity contribution < 1.29 is 18.3 Å². The average molecular weight is 293 g/mol. The van der Waals surface area contributed by atoms with Gasteiger partial charge in [-0.2, -0.15) is 0 Å². The molecule has 0 radical (unpaired) electrons. The van der Waals surface area contributed by atoms with E-state index in [1.807, 2.05) is 20.8 Å². The van der Waals surface area contributed by atoms with E-state index in [-0.39, 0.29) is 18.1 Å². The van der Waals surface area contributed by atoms with Crippen LogP contribution in [0.25, 0.3) is 0 Å². The average Bonchev–Trinajstić information content (AvgIpc) is 2.31. The fourth-order valence-electron chi connectivity index (χ4n) is 1.76. The summed E-state index contributed by atoms with van der Waals surface area (Å²) in [6.07, 6.45) is 3.00. The van der Waals surface area contributed by atoms with E-state index in [2.05, 4.69) is 4.72 Å². The number of nitrogens with one attached hydrogen (secondary N) is 1. The van der Waals surface area contributed by atoms with E-state index in [4.69, 9.17) is 5.11 Å². The van der Waals surface area contributed by atoms with Crippen LogP contribution in [0.3, 0.4) is 0 Å². The molecule has 0 aliphatic rings. The maximum absolute atomic E-state index is 11.7. The third-order valence-corrected chi connectivity index (χ3v) is 4.60. The first-order valence-electron chi connectivity index (χ1n) is 6.96. The molecule has 114 valence electrons. The number of sulfonamides is 1. The van der Waals surface area contributed by atoms with Crippen molar-refractivity contribution in [3.8, 4) is 0 Å². The van der Waals surface area contributed by atoms with Gasteiger partial charge in [-0.05, 0) is 31.1 Å². The predicted molar refractivity (Wildman–Crippen MR) is 76.5 cm³/mol. The van der Waals surface area contributed by atoms with E-state index in [1.165, 1.54) is 0 Å². The zero-order valence-corrected chi connectivity index (χ0v) is 13.0. The molecule has 1 unspecified atom stereocenters. The van der Waals surface area contributed by atoms with E-state index in [0.29, 0.717) is 31.7 Å². The molecular weight excluding hydrogens is 266 g/mol. The molecule has 0 saturated heterocycles. The minimum absolute atomic E-state index is 0.151. The van der Waals surface area contributed by atoms with Crippen molar-refractivity contribution in [2.75, 3.05) is 12.3 Å². The van der Waals surface area contributed by atoms with Crippen LogP contribution in [0, 0.1) is 11.8 Å². The Balaban J connectivity index is 3.94. The van der Waals surface area contributed by atoms with Crippen molar-refractivity contribution >= 4 is 16.0 Å². The van der Waals surface area contributed by atoms with Gasteiger partial charge in [-0.3, -0.25) is 4.79 Å². The number of carboxylic acid groups (broad SMARTS) is 1. The molecule has 0 fully saturated rings. The third kappa shape index (κ3) is 10.9. The molecule has 0 aliphatic heterocycles. The lowest BCUT2D eigenvalue weighted by atomic mass is 9.97. The fourth-order valence-corrected chi connectivity index (χ4v) is 3.12. The predicted octanol–water partition coefficient (Wildman–Crippen LogP) is 2.23. The molecule has 0 amide bonds. The zero-order valence-electron chi connectivity index (χ0n) is 12.2. The smallest absolute Gasteiger partial charge is 0.303 e. The van der Waals surface area contributed by atoms with Crippen LogP contribution in [-0.4, -0.2) is 31.8 Å². The summed E-state index contributed by atoms with van der Waals surface area (Å²) in [4.78, 5) is 10.5. The van der Waals surface area contributed by atoms with E-state index < -0.39 is 16.0 Å². The van der Waals surface area contributed by atoms with Crippen molar-refractivity contribution in [2.45, 2.75) is 52.9 Å². The molecule has 1 atom stereocenters. The monoisotopic (exact) mass is 293 g/mol. The van der Waals surface area contributed by atoms with Gasteiger partial charge >= 0.3 is 5.97 Å². The first-order valence-corrected chi connectivity index (χ1v) is 8.61. The Morgan fingerprint density at radius 3 is 2.32 bits per heavy atom. The van der Waals surface area contributed by atoms with Gasteiger partial charge in [0.15, 0.2) is 0 Å². The minimum Gasteiger partial charge on any atom is -0.481 e. The molecular formula is C13H27NO4S.